The zero-order valence-corrected chi connectivity index (χ0v) is 21.6. The summed E-state index contributed by atoms with van der Waals surface area (Å²) in [6.45, 7) is 0. The number of benzene rings is 6. The molecule has 7 aromatic rings. The molecule has 0 aliphatic rings. The third kappa shape index (κ3) is 3.57. The Balaban J connectivity index is 1.45. The predicted octanol–water partition coefficient (Wildman–Crippen LogP) is 7.85. The lowest BCUT2D eigenvalue weighted by Crippen LogP contribution is -2.24. The zero-order valence-electron chi connectivity index (χ0n) is 20.7. The van der Waals surface area contributed by atoms with E-state index in [0.717, 1.165) is 43.3 Å². The summed E-state index contributed by atoms with van der Waals surface area (Å²) in [5, 5.41) is 8.35. The number of hydrogen-bond donors (Lipinski definition) is 0. The first-order chi connectivity index (χ1) is 18.7. The topological polar surface area (TPSA) is 30.0 Å². The fourth-order valence-electron chi connectivity index (χ4n) is 5.54. The molecule has 6 aromatic carbocycles. The van der Waals surface area contributed by atoms with Crippen LogP contribution in [0.1, 0.15) is 0 Å². The Morgan fingerprint density at radius 2 is 1.11 bits per heavy atom. The second-order valence-electron chi connectivity index (χ2n) is 9.54. The number of hydrogen-bond acceptors (Lipinski definition) is 2. The summed E-state index contributed by atoms with van der Waals surface area (Å²) in [6, 6.07) is 47.1. The molecular formula is C35H24NOP. The third-order valence-corrected chi connectivity index (χ3v) is 10.5. The SMILES string of the molecule is O=P(c1ccccc1)(c1ccccc1)c1ccc(-c2cc3cccnc3c3c2ccc2ccccc23)cc1. The van der Waals surface area contributed by atoms with Crippen LogP contribution in [0.25, 0.3) is 43.6 Å². The highest BCUT2D eigenvalue weighted by Crippen LogP contribution is 2.43. The van der Waals surface area contributed by atoms with Crippen molar-refractivity contribution in [1.29, 1.82) is 0 Å². The van der Waals surface area contributed by atoms with Crippen LogP contribution in [0, 0.1) is 0 Å². The maximum atomic E-state index is 14.8. The Kier molecular flexibility index (Phi) is 5.43. The second-order valence-corrected chi connectivity index (χ2v) is 12.3. The average Bonchev–Trinajstić information content (AvgIpc) is 3.01. The first-order valence-corrected chi connectivity index (χ1v) is 14.5. The fraction of sp³-hybridized carbons (Fsp3) is 0. The molecule has 0 atom stereocenters. The second kappa shape index (κ2) is 9.10. The van der Waals surface area contributed by atoms with Crippen molar-refractivity contribution in [3.63, 3.8) is 0 Å². The van der Waals surface area contributed by atoms with Crippen molar-refractivity contribution in [2.75, 3.05) is 0 Å². The van der Waals surface area contributed by atoms with Crippen molar-refractivity contribution < 1.29 is 4.57 Å². The van der Waals surface area contributed by atoms with Gasteiger partial charge in [0.25, 0.3) is 0 Å². The third-order valence-electron chi connectivity index (χ3n) is 7.38. The molecule has 0 fully saturated rings. The molecule has 38 heavy (non-hydrogen) atoms. The van der Waals surface area contributed by atoms with Gasteiger partial charge in [-0.2, -0.15) is 0 Å². The number of rotatable bonds is 4. The quantitative estimate of drug-likeness (QED) is 0.180. The average molecular weight is 506 g/mol. The van der Waals surface area contributed by atoms with Crippen LogP contribution in [-0.2, 0) is 4.57 Å². The summed E-state index contributed by atoms with van der Waals surface area (Å²) in [5.74, 6) is 0. The molecule has 0 saturated carbocycles. The molecular weight excluding hydrogens is 481 g/mol. The van der Waals surface area contributed by atoms with Gasteiger partial charge >= 0.3 is 0 Å². The number of aromatic nitrogens is 1. The first-order valence-electron chi connectivity index (χ1n) is 12.7. The van der Waals surface area contributed by atoms with Crippen LogP contribution in [0.4, 0.5) is 0 Å². The van der Waals surface area contributed by atoms with E-state index in [9.17, 15) is 4.57 Å². The Hall–Kier alpha value is -4.52. The molecule has 0 bridgehead atoms. The van der Waals surface area contributed by atoms with E-state index in [-0.39, 0.29) is 0 Å². The van der Waals surface area contributed by atoms with Crippen molar-refractivity contribution >= 4 is 55.5 Å². The van der Waals surface area contributed by atoms with Gasteiger partial charge in [0, 0.05) is 32.9 Å². The highest BCUT2D eigenvalue weighted by atomic mass is 31.2. The highest BCUT2D eigenvalue weighted by Gasteiger charge is 2.29. The standard InChI is InChI=1S/C35H24NOP/c37-38(28-12-3-1-4-13-28,29-14-5-2-6-15-29)30-20-17-26(18-21-30)33-24-27-11-9-23-36-35(27)34-31-16-8-7-10-25(31)19-22-32(33)34/h1-24H. The molecule has 0 radical (unpaired) electrons. The molecule has 1 heterocycles. The molecule has 1 aromatic heterocycles. The van der Waals surface area contributed by atoms with Gasteiger partial charge in [-0.15, -0.1) is 0 Å². The molecule has 0 amide bonds. The van der Waals surface area contributed by atoms with Gasteiger partial charge < -0.3 is 4.57 Å². The monoisotopic (exact) mass is 505 g/mol. The van der Waals surface area contributed by atoms with Crippen LogP contribution in [0.3, 0.4) is 0 Å². The Bertz CT molecular complexity index is 1920. The van der Waals surface area contributed by atoms with E-state index < -0.39 is 7.14 Å². The van der Waals surface area contributed by atoms with E-state index in [1.165, 1.54) is 16.2 Å². The van der Waals surface area contributed by atoms with Crippen LogP contribution in [-0.4, -0.2) is 4.98 Å². The fourth-order valence-corrected chi connectivity index (χ4v) is 8.19. The van der Waals surface area contributed by atoms with Crippen molar-refractivity contribution in [1.82, 2.24) is 4.98 Å². The smallest absolute Gasteiger partial charge is 0.171 e. The lowest BCUT2D eigenvalue weighted by atomic mass is 9.92. The lowest BCUT2D eigenvalue weighted by molar-refractivity contribution is 0.592. The maximum Gasteiger partial charge on any atom is 0.171 e. The summed E-state index contributed by atoms with van der Waals surface area (Å²) >= 11 is 0. The van der Waals surface area contributed by atoms with Gasteiger partial charge in [0.05, 0.1) is 5.52 Å². The molecule has 0 saturated heterocycles. The van der Waals surface area contributed by atoms with Crippen LogP contribution < -0.4 is 15.9 Å². The summed E-state index contributed by atoms with van der Waals surface area (Å²) in [7, 11) is -3.02. The predicted molar refractivity (Wildman–Crippen MR) is 162 cm³/mol. The van der Waals surface area contributed by atoms with Gasteiger partial charge in [0.15, 0.2) is 7.14 Å². The van der Waals surface area contributed by atoms with E-state index in [0.29, 0.717) is 0 Å². The van der Waals surface area contributed by atoms with Crippen LogP contribution in [0.2, 0.25) is 0 Å². The Morgan fingerprint density at radius 3 is 1.82 bits per heavy atom. The van der Waals surface area contributed by atoms with E-state index in [4.69, 9.17) is 4.98 Å². The molecule has 180 valence electrons. The van der Waals surface area contributed by atoms with Gasteiger partial charge in [0.1, 0.15) is 0 Å². The summed E-state index contributed by atoms with van der Waals surface area (Å²) < 4.78 is 14.8. The number of pyridine rings is 1. The minimum Gasteiger partial charge on any atom is -0.309 e. The van der Waals surface area contributed by atoms with Crippen molar-refractivity contribution in [2.24, 2.45) is 0 Å². The Labute approximate surface area is 221 Å². The van der Waals surface area contributed by atoms with Crippen molar-refractivity contribution in [2.45, 2.75) is 0 Å². The van der Waals surface area contributed by atoms with Gasteiger partial charge in [-0.25, -0.2) is 0 Å². The van der Waals surface area contributed by atoms with Gasteiger partial charge in [-0.3, -0.25) is 4.98 Å². The molecule has 0 aliphatic carbocycles. The van der Waals surface area contributed by atoms with Crippen molar-refractivity contribution in [3.05, 3.63) is 146 Å². The van der Waals surface area contributed by atoms with Crippen molar-refractivity contribution in [3.8, 4) is 11.1 Å². The van der Waals surface area contributed by atoms with E-state index in [1.807, 2.05) is 85.1 Å². The normalized spacial score (nSPS) is 11.8. The first kappa shape index (κ1) is 22.7. The summed E-state index contributed by atoms with van der Waals surface area (Å²) in [6.07, 6.45) is 1.86. The Morgan fingerprint density at radius 1 is 0.500 bits per heavy atom. The molecule has 0 unspecified atom stereocenters. The van der Waals surface area contributed by atoms with E-state index >= 15 is 0 Å². The molecule has 0 spiro atoms. The molecule has 3 heteroatoms. The van der Waals surface area contributed by atoms with Gasteiger partial charge in [0.2, 0.25) is 0 Å². The van der Waals surface area contributed by atoms with Gasteiger partial charge in [-0.1, -0.05) is 127 Å². The molecule has 0 aliphatic heterocycles. The van der Waals surface area contributed by atoms with E-state index in [1.54, 1.807) is 0 Å². The molecule has 2 nitrogen and oxygen atoms in total. The minimum absolute atomic E-state index is 0.830. The number of fused-ring (bicyclic) bond motifs is 5. The summed E-state index contributed by atoms with van der Waals surface area (Å²) in [4.78, 5) is 4.77. The lowest BCUT2D eigenvalue weighted by Gasteiger charge is -2.20. The maximum absolute atomic E-state index is 14.8. The minimum atomic E-state index is -3.02. The largest absolute Gasteiger partial charge is 0.309 e. The van der Waals surface area contributed by atoms with Gasteiger partial charge in [-0.05, 0) is 39.4 Å². The van der Waals surface area contributed by atoms with E-state index in [2.05, 4.69) is 60.7 Å². The highest BCUT2D eigenvalue weighted by molar-refractivity contribution is 7.85. The van der Waals surface area contributed by atoms with Crippen LogP contribution in [0.15, 0.2) is 146 Å². The molecule has 0 N–H and O–H groups in total. The summed E-state index contributed by atoms with van der Waals surface area (Å²) in [5.41, 5.74) is 3.25. The molecule has 7 rings (SSSR count). The zero-order chi connectivity index (χ0) is 25.5. The van der Waals surface area contributed by atoms with Crippen LogP contribution in [0.5, 0.6) is 0 Å². The number of nitrogens with zero attached hydrogens (tertiary/aromatic N) is 1. The van der Waals surface area contributed by atoms with Crippen LogP contribution >= 0.6 is 7.14 Å².